The summed E-state index contributed by atoms with van der Waals surface area (Å²) in [5, 5.41) is 2.87. The molecule has 33 heavy (non-hydrogen) atoms. The number of hydrogen-bond acceptors (Lipinski definition) is 5. The Bertz CT molecular complexity index is 1270. The summed E-state index contributed by atoms with van der Waals surface area (Å²) < 4.78 is 39.6. The van der Waals surface area contributed by atoms with Gasteiger partial charge in [-0.25, -0.2) is 8.42 Å². The fraction of sp³-hybridized carbons (Fsp3) is 0.240. The largest absolute Gasteiger partial charge is 0.497 e. The van der Waals surface area contributed by atoms with Crippen molar-refractivity contribution in [3.63, 3.8) is 0 Å². The maximum absolute atomic E-state index is 13.9. The minimum Gasteiger partial charge on any atom is -0.497 e. The lowest BCUT2D eigenvalue weighted by atomic mass is 9.95. The first kappa shape index (κ1) is 22.8. The van der Waals surface area contributed by atoms with Gasteiger partial charge in [0.25, 0.3) is 0 Å². The molecule has 1 aliphatic heterocycles. The lowest BCUT2D eigenvalue weighted by molar-refractivity contribution is -0.120. The first-order chi connectivity index (χ1) is 15.8. The second kappa shape index (κ2) is 9.25. The molecule has 3 aromatic rings. The number of nitrogens with one attached hydrogen (secondary N) is 1. The molecule has 172 valence electrons. The first-order valence-electron chi connectivity index (χ1n) is 10.5. The lowest BCUT2D eigenvalue weighted by Crippen LogP contribution is -2.50. The number of sulfonamides is 1. The summed E-state index contributed by atoms with van der Waals surface area (Å²) in [6, 6.07) is 18.6. The van der Waals surface area contributed by atoms with E-state index in [2.05, 4.69) is 5.32 Å². The number of aryl methyl sites for hydroxylation is 1. The zero-order valence-electron chi connectivity index (χ0n) is 18.7. The average molecular weight is 467 g/mol. The Labute approximate surface area is 194 Å². The molecule has 0 saturated carbocycles. The number of fused-ring (bicyclic) bond motifs is 1. The first-order valence-corrected chi connectivity index (χ1v) is 12.0. The highest BCUT2D eigenvalue weighted by atomic mass is 32.2. The Morgan fingerprint density at radius 3 is 2.33 bits per heavy atom. The van der Waals surface area contributed by atoms with Gasteiger partial charge < -0.3 is 14.8 Å². The third kappa shape index (κ3) is 4.58. The minimum absolute atomic E-state index is 0.0446. The van der Waals surface area contributed by atoms with E-state index < -0.39 is 22.0 Å². The monoisotopic (exact) mass is 466 g/mol. The second-order valence-electron chi connectivity index (χ2n) is 7.91. The third-order valence-corrected chi connectivity index (χ3v) is 7.66. The normalized spacial score (nSPS) is 16.0. The third-order valence-electron chi connectivity index (χ3n) is 5.78. The molecule has 0 aromatic heterocycles. The van der Waals surface area contributed by atoms with E-state index in [4.69, 9.17) is 9.47 Å². The number of carbonyl (C=O) groups excluding carboxylic acids is 1. The molecule has 0 fully saturated rings. The molecule has 7 nitrogen and oxygen atoms in total. The van der Waals surface area contributed by atoms with Crippen LogP contribution in [0.5, 0.6) is 11.5 Å². The molecule has 3 aromatic carbocycles. The molecule has 0 bridgehead atoms. The summed E-state index contributed by atoms with van der Waals surface area (Å²) in [5.41, 5.74) is 3.49. The van der Waals surface area contributed by atoms with Crippen molar-refractivity contribution < 1.29 is 22.7 Å². The molecule has 1 N–H and O–H groups in total. The summed E-state index contributed by atoms with van der Waals surface area (Å²) in [4.78, 5) is 13.3. The van der Waals surface area contributed by atoms with Gasteiger partial charge >= 0.3 is 0 Å². The van der Waals surface area contributed by atoms with E-state index in [1.807, 2.05) is 43.3 Å². The van der Waals surface area contributed by atoms with Gasteiger partial charge in [0.1, 0.15) is 22.4 Å². The highest BCUT2D eigenvalue weighted by Gasteiger charge is 2.41. The van der Waals surface area contributed by atoms with E-state index in [1.54, 1.807) is 24.3 Å². The number of nitrogens with zero attached hydrogens (tertiary/aromatic N) is 1. The van der Waals surface area contributed by atoms with Crippen LogP contribution in [0.25, 0.3) is 0 Å². The van der Waals surface area contributed by atoms with Crippen molar-refractivity contribution in [3.8, 4) is 11.5 Å². The maximum atomic E-state index is 13.9. The molecule has 1 aliphatic rings. The van der Waals surface area contributed by atoms with Crippen molar-refractivity contribution in [1.82, 2.24) is 4.31 Å². The highest BCUT2D eigenvalue weighted by Crippen LogP contribution is 2.35. The van der Waals surface area contributed by atoms with Crippen LogP contribution in [0.3, 0.4) is 0 Å². The summed E-state index contributed by atoms with van der Waals surface area (Å²) in [6.45, 7) is 2.03. The summed E-state index contributed by atoms with van der Waals surface area (Å²) in [5.74, 6) is 0.179. The van der Waals surface area contributed by atoms with Gasteiger partial charge in [-0.1, -0.05) is 42.0 Å². The van der Waals surface area contributed by atoms with Crippen molar-refractivity contribution in [3.05, 3.63) is 83.4 Å². The van der Waals surface area contributed by atoms with Gasteiger partial charge in [-0.2, -0.15) is 4.31 Å². The number of anilines is 1. The van der Waals surface area contributed by atoms with Crippen LogP contribution >= 0.6 is 0 Å². The van der Waals surface area contributed by atoms with Crippen molar-refractivity contribution in [2.75, 3.05) is 19.5 Å². The van der Waals surface area contributed by atoms with E-state index in [1.165, 1.54) is 24.6 Å². The second-order valence-corrected chi connectivity index (χ2v) is 9.77. The molecule has 0 spiro atoms. The zero-order chi connectivity index (χ0) is 23.6. The molecule has 1 amide bonds. The summed E-state index contributed by atoms with van der Waals surface area (Å²) in [7, 11) is -1.23. The zero-order valence-corrected chi connectivity index (χ0v) is 19.6. The standard InChI is InChI=1S/C25H26N2O5S/c1-17-8-10-20(11-9-17)26-25(28)22-14-18-6-4-5-7-19(18)16-27(22)33(29,30)24-15-21(31-2)12-13-23(24)32-3/h4-13,15,22H,14,16H2,1-3H3,(H,26,28)/t22-/m0/s1. The molecule has 1 atom stereocenters. The Hall–Kier alpha value is -3.36. The van der Waals surface area contributed by atoms with Gasteiger partial charge in [-0.05, 0) is 48.7 Å². The number of rotatable bonds is 6. The molecule has 0 radical (unpaired) electrons. The van der Waals surface area contributed by atoms with Crippen LogP contribution in [-0.2, 0) is 27.8 Å². The molecule has 0 unspecified atom stereocenters. The fourth-order valence-electron chi connectivity index (χ4n) is 3.95. The van der Waals surface area contributed by atoms with E-state index in [0.717, 1.165) is 16.7 Å². The van der Waals surface area contributed by atoms with Crippen molar-refractivity contribution in [1.29, 1.82) is 0 Å². The van der Waals surface area contributed by atoms with Crippen LogP contribution in [0.2, 0.25) is 0 Å². The van der Waals surface area contributed by atoms with Gasteiger partial charge in [0, 0.05) is 18.3 Å². The number of amides is 1. The Morgan fingerprint density at radius 2 is 1.67 bits per heavy atom. The smallest absolute Gasteiger partial charge is 0.247 e. The predicted molar refractivity (Wildman–Crippen MR) is 126 cm³/mol. The molecule has 1 heterocycles. The molecular formula is C25H26N2O5S. The molecular weight excluding hydrogens is 440 g/mol. The van der Waals surface area contributed by atoms with Gasteiger partial charge in [0.05, 0.1) is 14.2 Å². The van der Waals surface area contributed by atoms with E-state index in [0.29, 0.717) is 11.4 Å². The number of methoxy groups -OCH3 is 2. The number of benzene rings is 3. The summed E-state index contributed by atoms with van der Waals surface area (Å²) in [6.07, 6.45) is 0.263. The highest BCUT2D eigenvalue weighted by molar-refractivity contribution is 7.89. The molecule has 0 saturated heterocycles. The average Bonchev–Trinajstić information content (AvgIpc) is 2.84. The Kier molecular flexibility index (Phi) is 6.40. The minimum atomic E-state index is -4.11. The SMILES string of the molecule is COc1ccc(OC)c(S(=O)(=O)N2Cc3ccccc3C[C@H]2C(=O)Nc2ccc(C)cc2)c1. The Morgan fingerprint density at radius 1 is 0.970 bits per heavy atom. The van der Waals surface area contributed by atoms with Gasteiger partial charge in [-0.15, -0.1) is 0 Å². The van der Waals surface area contributed by atoms with Gasteiger partial charge in [-0.3, -0.25) is 4.79 Å². The topological polar surface area (TPSA) is 84.9 Å². The van der Waals surface area contributed by atoms with Crippen LogP contribution in [0.4, 0.5) is 5.69 Å². The molecule has 0 aliphatic carbocycles. The van der Waals surface area contributed by atoms with Crippen LogP contribution in [0.1, 0.15) is 16.7 Å². The van der Waals surface area contributed by atoms with E-state index in [9.17, 15) is 13.2 Å². The molecule has 8 heteroatoms. The number of carbonyl (C=O) groups is 1. The fourth-order valence-corrected chi connectivity index (χ4v) is 5.69. The van der Waals surface area contributed by atoms with Gasteiger partial charge in [0.2, 0.25) is 15.9 Å². The van der Waals surface area contributed by atoms with E-state index in [-0.39, 0.29) is 23.6 Å². The predicted octanol–water partition coefficient (Wildman–Crippen LogP) is 3.77. The van der Waals surface area contributed by atoms with Crippen LogP contribution in [0, 0.1) is 6.92 Å². The number of ether oxygens (including phenoxy) is 2. The quantitative estimate of drug-likeness (QED) is 0.598. The maximum Gasteiger partial charge on any atom is 0.247 e. The van der Waals surface area contributed by atoms with Crippen LogP contribution in [0.15, 0.2) is 71.6 Å². The lowest BCUT2D eigenvalue weighted by Gasteiger charge is -2.35. The Balaban J connectivity index is 1.76. The van der Waals surface area contributed by atoms with Crippen LogP contribution < -0.4 is 14.8 Å². The van der Waals surface area contributed by atoms with Crippen molar-refractivity contribution in [2.45, 2.75) is 30.8 Å². The van der Waals surface area contributed by atoms with Crippen molar-refractivity contribution >= 4 is 21.6 Å². The molecule has 4 rings (SSSR count). The summed E-state index contributed by atoms with van der Waals surface area (Å²) >= 11 is 0. The van der Waals surface area contributed by atoms with E-state index >= 15 is 0 Å². The van der Waals surface area contributed by atoms with Crippen LogP contribution in [-0.4, -0.2) is 38.9 Å². The van der Waals surface area contributed by atoms with Crippen molar-refractivity contribution in [2.24, 2.45) is 0 Å². The number of hydrogen-bond donors (Lipinski definition) is 1. The van der Waals surface area contributed by atoms with Gasteiger partial charge in [0.15, 0.2) is 0 Å².